The summed E-state index contributed by atoms with van der Waals surface area (Å²) in [7, 11) is 0. The first-order valence-electron chi connectivity index (χ1n) is 7.71. The highest BCUT2D eigenvalue weighted by Gasteiger charge is 2.27. The van der Waals surface area contributed by atoms with Crippen LogP contribution in [0.15, 0.2) is 29.1 Å². The maximum atomic E-state index is 12.5. The monoisotopic (exact) mass is 319 g/mol. The smallest absolute Gasteiger partial charge is 0.228 e. The van der Waals surface area contributed by atoms with E-state index >= 15 is 0 Å². The molecule has 0 aliphatic carbocycles. The molecule has 2 atom stereocenters. The Hall–Kier alpha value is -1.66. The van der Waals surface area contributed by atoms with Gasteiger partial charge in [-0.05, 0) is 41.7 Å². The van der Waals surface area contributed by atoms with Gasteiger partial charge in [0.05, 0.1) is 18.8 Å². The number of aromatic nitrogens is 2. The highest BCUT2D eigenvalue weighted by Crippen LogP contribution is 2.23. The van der Waals surface area contributed by atoms with Gasteiger partial charge in [0.25, 0.3) is 0 Å². The van der Waals surface area contributed by atoms with Gasteiger partial charge in [0.1, 0.15) is 5.82 Å². The van der Waals surface area contributed by atoms with Crippen LogP contribution in [0.5, 0.6) is 0 Å². The van der Waals surface area contributed by atoms with E-state index in [1.165, 1.54) is 5.56 Å². The van der Waals surface area contributed by atoms with Crippen LogP contribution in [-0.4, -0.2) is 28.4 Å². The zero-order valence-corrected chi connectivity index (χ0v) is 13.5. The third-order valence-corrected chi connectivity index (χ3v) is 4.81. The second-order valence-electron chi connectivity index (χ2n) is 5.62. The fourth-order valence-electron chi connectivity index (χ4n) is 2.75. The molecule has 0 bridgehead atoms. The fraction of sp³-hybridized carbons (Fsp3) is 0.500. The molecule has 1 saturated heterocycles. The molecule has 5 nitrogen and oxygen atoms in total. The van der Waals surface area contributed by atoms with Crippen molar-refractivity contribution >= 4 is 23.1 Å². The summed E-state index contributed by atoms with van der Waals surface area (Å²) in [5.41, 5.74) is 1.20. The topological polar surface area (TPSA) is 56.2 Å². The number of rotatable bonds is 5. The Morgan fingerprint density at radius 1 is 1.55 bits per heavy atom. The molecule has 1 fully saturated rings. The van der Waals surface area contributed by atoms with Crippen molar-refractivity contribution in [1.29, 1.82) is 0 Å². The molecule has 1 aliphatic heterocycles. The average molecular weight is 319 g/mol. The van der Waals surface area contributed by atoms with Gasteiger partial charge in [0.2, 0.25) is 5.91 Å². The van der Waals surface area contributed by atoms with Gasteiger partial charge in [-0.3, -0.25) is 4.79 Å². The maximum absolute atomic E-state index is 12.5. The Balaban J connectivity index is 1.63. The van der Waals surface area contributed by atoms with Gasteiger partial charge >= 0.3 is 0 Å². The lowest BCUT2D eigenvalue weighted by Crippen LogP contribution is -2.33. The molecule has 1 amide bonds. The number of carbonyl (C=O) groups excluding carboxylic acids is 1. The van der Waals surface area contributed by atoms with Crippen molar-refractivity contribution < 1.29 is 9.53 Å². The molecule has 22 heavy (non-hydrogen) atoms. The number of thiophene rings is 1. The number of anilines is 1. The molecule has 3 heterocycles. The van der Waals surface area contributed by atoms with Crippen molar-refractivity contribution in [3.63, 3.8) is 0 Å². The molecule has 0 spiro atoms. The van der Waals surface area contributed by atoms with Crippen LogP contribution in [-0.2, 0) is 16.1 Å². The van der Waals surface area contributed by atoms with Crippen molar-refractivity contribution in [2.45, 2.75) is 38.8 Å². The lowest BCUT2D eigenvalue weighted by atomic mass is 9.93. The van der Waals surface area contributed by atoms with Crippen molar-refractivity contribution in [2.24, 2.45) is 5.92 Å². The quantitative estimate of drug-likeness (QED) is 0.921. The zero-order valence-electron chi connectivity index (χ0n) is 12.7. The van der Waals surface area contributed by atoms with Crippen molar-refractivity contribution in [1.82, 2.24) is 9.78 Å². The normalized spacial score (nSPS) is 21.7. The maximum Gasteiger partial charge on any atom is 0.228 e. The molecule has 6 heteroatoms. The van der Waals surface area contributed by atoms with E-state index in [1.807, 2.05) is 16.1 Å². The summed E-state index contributed by atoms with van der Waals surface area (Å²) >= 11 is 1.66. The molecular formula is C16H21N3O2S. The van der Waals surface area contributed by atoms with E-state index in [2.05, 4.69) is 28.8 Å². The first-order valence-corrected chi connectivity index (χ1v) is 8.66. The molecule has 2 aromatic rings. The van der Waals surface area contributed by atoms with Crippen LogP contribution in [0, 0.1) is 5.92 Å². The highest BCUT2D eigenvalue weighted by atomic mass is 32.1. The van der Waals surface area contributed by atoms with Gasteiger partial charge in [-0.25, -0.2) is 4.68 Å². The molecule has 0 unspecified atom stereocenters. The molecule has 0 aromatic carbocycles. The minimum Gasteiger partial charge on any atom is -0.378 e. The third-order valence-electron chi connectivity index (χ3n) is 4.07. The fourth-order valence-corrected chi connectivity index (χ4v) is 3.41. The predicted octanol–water partition coefficient (Wildman–Crippen LogP) is 3.14. The van der Waals surface area contributed by atoms with Gasteiger partial charge in [-0.15, -0.1) is 0 Å². The van der Waals surface area contributed by atoms with E-state index in [0.717, 1.165) is 25.1 Å². The summed E-state index contributed by atoms with van der Waals surface area (Å²) in [5, 5.41) is 11.5. The molecular weight excluding hydrogens is 298 g/mol. The first-order chi connectivity index (χ1) is 10.8. The second-order valence-corrected chi connectivity index (χ2v) is 6.40. The van der Waals surface area contributed by atoms with Crippen LogP contribution in [0.2, 0.25) is 0 Å². The van der Waals surface area contributed by atoms with Crippen molar-refractivity contribution in [3.8, 4) is 0 Å². The van der Waals surface area contributed by atoms with E-state index in [9.17, 15) is 4.79 Å². The van der Waals surface area contributed by atoms with E-state index in [1.54, 1.807) is 17.5 Å². The van der Waals surface area contributed by atoms with E-state index in [4.69, 9.17) is 4.74 Å². The van der Waals surface area contributed by atoms with Crippen LogP contribution in [0.4, 0.5) is 5.82 Å². The van der Waals surface area contributed by atoms with Gasteiger partial charge < -0.3 is 10.1 Å². The Morgan fingerprint density at radius 2 is 2.45 bits per heavy atom. The van der Waals surface area contributed by atoms with Crippen LogP contribution >= 0.6 is 11.3 Å². The van der Waals surface area contributed by atoms with Gasteiger partial charge in [-0.2, -0.15) is 16.4 Å². The summed E-state index contributed by atoms with van der Waals surface area (Å²) < 4.78 is 7.47. The van der Waals surface area contributed by atoms with Gasteiger partial charge in [-0.1, -0.05) is 6.92 Å². The number of amides is 1. The minimum atomic E-state index is 0.0307. The van der Waals surface area contributed by atoms with Gasteiger partial charge in [0, 0.05) is 18.6 Å². The summed E-state index contributed by atoms with van der Waals surface area (Å²) in [6.07, 6.45) is 4.49. The SMILES string of the molecule is CC[C@@H]1C[C@@H](C(=O)Nc2ccnn2Cc2ccsc2)CCO1. The summed E-state index contributed by atoms with van der Waals surface area (Å²) in [5.74, 6) is 0.868. The molecule has 3 rings (SSSR count). The Bertz CT molecular complexity index is 609. The van der Waals surface area contributed by atoms with E-state index in [-0.39, 0.29) is 17.9 Å². The van der Waals surface area contributed by atoms with Crippen LogP contribution < -0.4 is 5.32 Å². The average Bonchev–Trinajstić information content (AvgIpc) is 3.20. The second kappa shape index (κ2) is 7.07. The Kier molecular flexibility index (Phi) is 4.90. The first kappa shape index (κ1) is 15.2. The lowest BCUT2D eigenvalue weighted by molar-refractivity contribution is -0.124. The standard InChI is InChI=1S/C16H21N3O2S/c1-2-14-9-13(4-7-21-14)16(20)18-15-3-6-17-19(15)10-12-5-8-22-11-12/h3,5-6,8,11,13-14H,2,4,7,9-10H2,1H3,(H,18,20)/t13-,14+/m0/s1. The van der Waals surface area contributed by atoms with E-state index in [0.29, 0.717) is 13.2 Å². The van der Waals surface area contributed by atoms with Crippen molar-refractivity contribution in [3.05, 3.63) is 34.7 Å². The number of nitrogens with zero attached hydrogens (tertiary/aromatic N) is 2. The molecule has 1 aliphatic rings. The third kappa shape index (κ3) is 3.56. The minimum absolute atomic E-state index is 0.0307. The predicted molar refractivity (Wildman–Crippen MR) is 87.0 cm³/mol. The summed E-state index contributed by atoms with van der Waals surface area (Å²) in [4.78, 5) is 12.5. The molecule has 1 N–H and O–H groups in total. The Labute approximate surface area is 134 Å². The molecule has 2 aromatic heterocycles. The molecule has 0 saturated carbocycles. The number of hydrogen-bond donors (Lipinski definition) is 1. The molecule has 0 radical (unpaired) electrons. The largest absolute Gasteiger partial charge is 0.378 e. The number of hydrogen-bond acceptors (Lipinski definition) is 4. The lowest BCUT2D eigenvalue weighted by Gasteiger charge is -2.28. The van der Waals surface area contributed by atoms with E-state index < -0.39 is 0 Å². The van der Waals surface area contributed by atoms with Crippen LogP contribution in [0.1, 0.15) is 31.7 Å². The van der Waals surface area contributed by atoms with Crippen molar-refractivity contribution in [2.75, 3.05) is 11.9 Å². The van der Waals surface area contributed by atoms with Gasteiger partial charge in [0.15, 0.2) is 0 Å². The summed E-state index contributed by atoms with van der Waals surface area (Å²) in [6.45, 7) is 3.45. The molecule has 118 valence electrons. The van der Waals surface area contributed by atoms with Crippen LogP contribution in [0.25, 0.3) is 0 Å². The Morgan fingerprint density at radius 3 is 3.23 bits per heavy atom. The number of carbonyl (C=O) groups is 1. The van der Waals surface area contributed by atoms with Crippen LogP contribution in [0.3, 0.4) is 0 Å². The highest BCUT2D eigenvalue weighted by molar-refractivity contribution is 7.07. The number of nitrogens with one attached hydrogen (secondary N) is 1. The zero-order chi connectivity index (χ0) is 15.4. The number of ether oxygens (including phenoxy) is 1. The summed E-state index contributed by atoms with van der Waals surface area (Å²) in [6, 6.07) is 3.92.